The van der Waals surface area contributed by atoms with Gasteiger partial charge in [-0.1, -0.05) is 18.7 Å². The van der Waals surface area contributed by atoms with Gasteiger partial charge < -0.3 is 5.11 Å². The lowest BCUT2D eigenvalue weighted by molar-refractivity contribution is -0.0411. The van der Waals surface area contributed by atoms with Gasteiger partial charge in [-0.25, -0.2) is 0 Å². The summed E-state index contributed by atoms with van der Waals surface area (Å²) in [6.45, 7) is 9.92. The maximum Gasteiger partial charge on any atom is 0.0919 e. The molecule has 0 aromatic rings. The van der Waals surface area contributed by atoms with E-state index in [0.29, 0.717) is 5.92 Å². The van der Waals surface area contributed by atoms with Gasteiger partial charge in [0.05, 0.1) is 5.60 Å². The predicted molar refractivity (Wildman–Crippen MR) is 54.4 cm³/mol. The summed E-state index contributed by atoms with van der Waals surface area (Å²) >= 11 is 0. The fourth-order valence-electron chi connectivity index (χ4n) is 3.03. The Labute approximate surface area is 80.2 Å². The molecule has 3 aliphatic rings. The topological polar surface area (TPSA) is 20.2 Å². The van der Waals surface area contributed by atoms with Gasteiger partial charge in [0.15, 0.2) is 0 Å². The van der Waals surface area contributed by atoms with Crippen LogP contribution in [0.3, 0.4) is 0 Å². The highest BCUT2D eigenvalue weighted by atomic mass is 16.3. The maximum absolute atomic E-state index is 10.4. The zero-order valence-electron chi connectivity index (χ0n) is 8.34. The lowest BCUT2D eigenvalue weighted by Crippen LogP contribution is -2.49. The van der Waals surface area contributed by atoms with Gasteiger partial charge in [0.1, 0.15) is 0 Å². The predicted octanol–water partition coefficient (Wildman–Crippen LogP) is 2.67. The minimum Gasteiger partial charge on any atom is -0.385 e. The fraction of sp³-hybridized carbons (Fsp3) is 0.667. The maximum atomic E-state index is 10.4. The van der Waals surface area contributed by atoms with Crippen LogP contribution in [0.4, 0.5) is 0 Å². The zero-order chi connectivity index (χ0) is 9.64. The number of hydrogen-bond acceptors (Lipinski definition) is 1. The second kappa shape index (κ2) is 2.71. The van der Waals surface area contributed by atoms with Gasteiger partial charge in [-0.3, -0.25) is 0 Å². The van der Waals surface area contributed by atoms with Crippen LogP contribution in [0.2, 0.25) is 0 Å². The van der Waals surface area contributed by atoms with Gasteiger partial charge in [0, 0.05) is 5.92 Å². The summed E-state index contributed by atoms with van der Waals surface area (Å²) in [5.74, 6) is 0.939. The van der Waals surface area contributed by atoms with E-state index in [9.17, 15) is 5.11 Å². The van der Waals surface area contributed by atoms with Crippen LogP contribution >= 0.6 is 0 Å². The van der Waals surface area contributed by atoms with Crippen LogP contribution < -0.4 is 0 Å². The Morgan fingerprint density at radius 2 is 2.23 bits per heavy atom. The molecule has 1 nitrogen and oxygen atoms in total. The van der Waals surface area contributed by atoms with Crippen LogP contribution in [-0.2, 0) is 0 Å². The Bertz CT molecular complexity index is 266. The van der Waals surface area contributed by atoms with Crippen LogP contribution in [0.1, 0.15) is 32.6 Å². The molecule has 2 bridgehead atoms. The van der Waals surface area contributed by atoms with E-state index in [1.54, 1.807) is 0 Å². The smallest absolute Gasteiger partial charge is 0.0919 e. The first-order valence-electron chi connectivity index (χ1n) is 5.10. The number of hydrogen-bond donors (Lipinski definition) is 1. The molecular formula is C12H18O. The van der Waals surface area contributed by atoms with Gasteiger partial charge in [0.2, 0.25) is 0 Å². The van der Waals surface area contributed by atoms with E-state index >= 15 is 0 Å². The van der Waals surface area contributed by atoms with Gasteiger partial charge in [0.25, 0.3) is 0 Å². The molecule has 0 amide bonds. The lowest BCUT2D eigenvalue weighted by Gasteiger charge is -2.50. The molecule has 0 unspecified atom stereocenters. The molecule has 0 spiro atoms. The molecule has 0 aromatic heterocycles. The van der Waals surface area contributed by atoms with Crippen LogP contribution in [0.25, 0.3) is 0 Å². The van der Waals surface area contributed by atoms with E-state index in [4.69, 9.17) is 0 Å². The number of rotatable bonds is 1. The standard InChI is InChI=1S/C12H18O/c1-8(2)12(13)7-10-4-5-11(12)9(3)6-10/h10-11,13H,1,3-7H2,2H3/t10-,11+,12-/m1/s1. The van der Waals surface area contributed by atoms with Gasteiger partial charge in [-0.2, -0.15) is 0 Å². The third kappa shape index (κ3) is 1.18. The average Bonchev–Trinajstić information content (AvgIpc) is 2.03. The molecule has 0 saturated heterocycles. The molecule has 13 heavy (non-hydrogen) atoms. The molecule has 3 rings (SSSR count). The molecule has 0 radical (unpaired) electrons. The minimum atomic E-state index is -0.627. The van der Waals surface area contributed by atoms with Crippen molar-refractivity contribution in [2.24, 2.45) is 11.8 Å². The average molecular weight is 178 g/mol. The summed E-state index contributed by atoms with van der Waals surface area (Å²) < 4.78 is 0. The number of fused-ring (bicyclic) bond motifs is 3. The Kier molecular flexibility index (Phi) is 1.88. The SMILES string of the molecule is C=C1C[C@H]2CC[C@@H]1[C@](O)(C(=C)C)C2. The first-order chi connectivity index (χ1) is 6.04. The molecule has 1 heteroatoms. The molecular weight excluding hydrogens is 160 g/mol. The summed E-state index contributed by atoms with van der Waals surface area (Å²) in [7, 11) is 0. The molecule has 3 aliphatic carbocycles. The van der Waals surface area contributed by atoms with Crippen LogP contribution in [0.15, 0.2) is 24.3 Å². The second-order valence-corrected chi connectivity index (χ2v) is 4.77. The molecule has 0 heterocycles. The Balaban J connectivity index is 2.33. The van der Waals surface area contributed by atoms with Gasteiger partial charge in [-0.15, -0.1) is 0 Å². The highest BCUT2D eigenvalue weighted by molar-refractivity contribution is 5.26. The number of aliphatic hydroxyl groups is 1. The van der Waals surface area contributed by atoms with Crippen molar-refractivity contribution in [3.8, 4) is 0 Å². The molecule has 3 atom stereocenters. The molecule has 0 aliphatic heterocycles. The molecule has 0 aromatic carbocycles. The monoisotopic (exact) mass is 178 g/mol. The molecule has 1 N–H and O–H groups in total. The summed E-state index contributed by atoms with van der Waals surface area (Å²) in [6.07, 6.45) is 4.40. The van der Waals surface area contributed by atoms with Crippen molar-refractivity contribution in [3.05, 3.63) is 24.3 Å². The van der Waals surface area contributed by atoms with Crippen molar-refractivity contribution in [3.63, 3.8) is 0 Å². The summed E-state index contributed by atoms with van der Waals surface area (Å²) in [6, 6.07) is 0. The molecule has 3 fully saturated rings. The van der Waals surface area contributed by atoms with E-state index in [1.807, 2.05) is 6.92 Å². The lowest BCUT2D eigenvalue weighted by atomic mass is 9.58. The third-order valence-corrected chi connectivity index (χ3v) is 3.82. The highest BCUT2D eigenvalue weighted by Gasteiger charge is 2.48. The van der Waals surface area contributed by atoms with Crippen LogP contribution in [-0.4, -0.2) is 10.7 Å². The third-order valence-electron chi connectivity index (χ3n) is 3.82. The van der Waals surface area contributed by atoms with Crippen molar-refractivity contribution in [2.45, 2.75) is 38.2 Å². The van der Waals surface area contributed by atoms with Gasteiger partial charge in [-0.05, 0) is 44.1 Å². The van der Waals surface area contributed by atoms with E-state index in [2.05, 4.69) is 13.2 Å². The van der Waals surface area contributed by atoms with E-state index in [0.717, 1.165) is 24.8 Å². The van der Waals surface area contributed by atoms with E-state index < -0.39 is 5.60 Å². The first kappa shape index (κ1) is 9.01. The second-order valence-electron chi connectivity index (χ2n) is 4.77. The largest absolute Gasteiger partial charge is 0.385 e. The van der Waals surface area contributed by atoms with Crippen molar-refractivity contribution < 1.29 is 5.11 Å². The summed E-state index contributed by atoms with van der Waals surface area (Å²) in [5, 5.41) is 10.4. The Morgan fingerprint density at radius 1 is 1.54 bits per heavy atom. The van der Waals surface area contributed by atoms with E-state index in [1.165, 1.54) is 12.0 Å². The zero-order valence-corrected chi connectivity index (χ0v) is 8.34. The molecule has 72 valence electrons. The normalized spacial score (nSPS) is 43.7. The van der Waals surface area contributed by atoms with Gasteiger partial charge >= 0.3 is 0 Å². The quantitative estimate of drug-likeness (QED) is 0.612. The van der Waals surface area contributed by atoms with Crippen molar-refractivity contribution in [1.82, 2.24) is 0 Å². The fourth-order valence-corrected chi connectivity index (χ4v) is 3.03. The van der Waals surface area contributed by atoms with Crippen molar-refractivity contribution in [2.75, 3.05) is 0 Å². The van der Waals surface area contributed by atoms with Crippen LogP contribution in [0, 0.1) is 11.8 Å². The van der Waals surface area contributed by atoms with Crippen molar-refractivity contribution in [1.29, 1.82) is 0 Å². The van der Waals surface area contributed by atoms with Crippen molar-refractivity contribution >= 4 is 0 Å². The Hall–Kier alpha value is -0.560. The summed E-state index contributed by atoms with van der Waals surface area (Å²) in [4.78, 5) is 0. The van der Waals surface area contributed by atoms with Crippen LogP contribution in [0.5, 0.6) is 0 Å². The first-order valence-corrected chi connectivity index (χ1v) is 5.10. The van der Waals surface area contributed by atoms with E-state index in [-0.39, 0.29) is 5.92 Å². The summed E-state index contributed by atoms with van der Waals surface area (Å²) in [5.41, 5.74) is 1.54. The molecule has 3 saturated carbocycles. The minimum absolute atomic E-state index is 0.287. The highest BCUT2D eigenvalue weighted by Crippen LogP contribution is 2.51. The Morgan fingerprint density at radius 3 is 2.62 bits per heavy atom.